The van der Waals surface area contributed by atoms with E-state index in [1.54, 1.807) is 12.3 Å². The number of hydrogen-bond acceptors (Lipinski definition) is 4. The van der Waals surface area contributed by atoms with Gasteiger partial charge in [-0.15, -0.1) is 0 Å². The zero-order valence-corrected chi connectivity index (χ0v) is 19.9. The van der Waals surface area contributed by atoms with Crippen molar-refractivity contribution in [2.45, 2.75) is 43.7 Å². The van der Waals surface area contributed by atoms with Crippen LogP contribution >= 0.6 is 11.6 Å². The highest BCUT2D eigenvalue weighted by Crippen LogP contribution is 2.27. The Labute approximate surface area is 199 Å². The van der Waals surface area contributed by atoms with E-state index in [0.717, 1.165) is 36.8 Å². The summed E-state index contributed by atoms with van der Waals surface area (Å²) in [4.78, 5) is 12.9. The third-order valence-electron chi connectivity index (χ3n) is 5.83. The van der Waals surface area contributed by atoms with Gasteiger partial charge < -0.3 is 5.32 Å². The lowest BCUT2D eigenvalue weighted by Crippen LogP contribution is -2.32. The van der Waals surface area contributed by atoms with Gasteiger partial charge in [0.1, 0.15) is 4.90 Å². The van der Waals surface area contributed by atoms with E-state index in [9.17, 15) is 13.2 Å². The monoisotopic (exact) mass is 486 g/mol. The largest absolute Gasteiger partial charge is 0.348 e. The van der Waals surface area contributed by atoms with Gasteiger partial charge in [-0.2, -0.15) is 9.40 Å². The highest BCUT2D eigenvalue weighted by molar-refractivity contribution is 7.89. The Balaban J connectivity index is 1.50. The minimum absolute atomic E-state index is 0.0159. The molecule has 4 rings (SSSR count). The van der Waals surface area contributed by atoms with Crippen LogP contribution in [0.15, 0.2) is 65.8 Å². The third kappa shape index (κ3) is 5.63. The maximum Gasteiger partial charge on any atom is 0.251 e. The maximum atomic E-state index is 13.2. The lowest BCUT2D eigenvalue weighted by atomic mass is 10.1. The molecule has 0 unspecified atom stereocenters. The van der Waals surface area contributed by atoms with E-state index < -0.39 is 10.0 Å². The standard InChI is InChI=1S/C24H27ClN4O3S/c25-22-11-10-19(16-23(22)33(31,32)29-14-5-1-2-6-15-29)24(30)26-17-20-8-3-4-9-21(20)18-28-13-7-12-27-28/h3-4,7-13,16H,1-2,5-6,14-15,17-18H2,(H,26,30). The van der Waals surface area contributed by atoms with Gasteiger partial charge in [0.2, 0.25) is 10.0 Å². The highest BCUT2D eigenvalue weighted by atomic mass is 35.5. The molecule has 1 fully saturated rings. The van der Waals surface area contributed by atoms with Gasteiger partial charge in [-0.05, 0) is 48.2 Å². The second kappa shape index (κ2) is 10.5. The Morgan fingerprint density at radius 3 is 2.42 bits per heavy atom. The smallest absolute Gasteiger partial charge is 0.251 e. The summed E-state index contributed by atoms with van der Waals surface area (Å²) >= 11 is 6.26. The van der Waals surface area contributed by atoms with Crippen LogP contribution in [0.2, 0.25) is 5.02 Å². The first-order chi connectivity index (χ1) is 15.9. The molecule has 7 nitrogen and oxygen atoms in total. The second-order valence-electron chi connectivity index (χ2n) is 8.12. The summed E-state index contributed by atoms with van der Waals surface area (Å²) in [5.41, 5.74) is 2.27. The normalized spacial score (nSPS) is 15.2. The molecule has 0 bridgehead atoms. The molecule has 33 heavy (non-hydrogen) atoms. The van der Waals surface area contributed by atoms with Crippen molar-refractivity contribution in [3.63, 3.8) is 0 Å². The molecule has 1 N–H and O–H groups in total. The van der Waals surface area contributed by atoms with Crippen molar-refractivity contribution >= 4 is 27.5 Å². The van der Waals surface area contributed by atoms with Crippen molar-refractivity contribution in [3.8, 4) is 0 Å². The minimum atomic E-state index is -3.76. The molecule has 3 aromatic rings. The summed E-state index contributed by atoms with van der Waals surface area (Å²) in [6, 6.07) is 14.1. The minimum Gasteiger partial charge on any atom is -0.348 e. The zero-order valence-electron chi connectivity index (χ0n) is 18.3. The third-order valence-corrected chi connectivity index (χ3v) is 8.21. The number of hydrogen-bond donors (Lipinski definition) is 1. The van der Waals surface area contributed by atoms with Crippen LogP contribution < -0.4 is 5.32 Å². The van der Waals surface area contributed by atoms with E-state index in [-0.39, 0.29) is 21.4 Å². The molecule has 0 aliphatic carbocycles. The molecule has 0 saturated carbocycles. The Morgan fingerprint density at radius 2 is 1.73 bits per heavy atom. The van der Waals surface area contributed by atoms with Gasteiger partial charge in [0.15, 0.2) is 0 Å². The maximum absolute atomic E-state index is 13.2. The number of carbonyl (C=O) groups excluding carboxylic acids is 1. The number of nitrogens with zero attached hydrogens (tertiary/aromatic N) is 3. The van der Waals surface area contributed by atoms with Gasteiger partial charge in [0.25, 0.3) is 5.91 Å². The van der Waals surface area contributed by atoms with Crippen molar-refractivity contribution in [1.29, 1.82) is 0 Å². The fraction of sp³-hybridized carbons (Fsp3) is 0.333. The van der Waals surface area contributed by atoms with Crippen LogP contribution in [-0.4, -0.2) is 41.5 Å². The van der Waals surface area contributed by atoms with Gasteiger partial charge >= 0.3 is 0 Å². The van der Waals surface area contributed by atoms with Crippen molar-refractivity contribution < 1.29 is 13.2 Å². The quantitative estimate of drug-likeness (QED) is 0.545. The van der Waals surface area contributed by atoms with Crippen LogP contribution in [0.4, 0.5) is 0 Å². The summed E-state index contributed by atoms with van der Waals surface area (Å²) in [7, 11) is -3.76. The molecule has 0 spiro atoms. The fourth-order valence-electron chi connectivity index (χ4n) is 3.99. The molecule has 1 amide bonds. The number of aromatic nitrogens is 2. The van der Waals surface area contributed by atoms with Crippen molar-refractivity contribution in [2.24, 2.45) is 0 Å². The summed E-state index contributed by atoms with van der Waals surface area (Å²) < 4.78 is 29.7. The molecular weight excluding hydrogens is 460 g/mol. The SMILES string of the molecule is O=C(NCc1ccccc1Cn1cccn1)c1ccc(Cl)c(S(=O)(=O)N2CCCCCC2)c1. The lowest BCUT2D eigenvalue weighted by molar-refractivity contribution is 0.0950. The van der Waals surface area contributed by atoms with E-state index in [1.807, 2.05) is 41.2 Å². The number of nitrogens with one attached hydrogen (secondary N) is 1. The fourth-order valence-corrected chi connectivity index (χ4v) is 6.01. The summed E-state index contributed by atoms with van der Waals surface area (Å²) in [6.45, 7) is 1.86. The zero-order chi connectivity index (χ0) is 23.3. The number of sulfonamides is 1. The molecule has 0 atom stereocenters. The predicted molar refractivity (Wildman–Crippen MR) is 128 cm³/mol. The Kier molecular flexibility index (Phi) is 7.47. The van der Waals surface area contributed by atoms with Gasteiger partial charge in [-0.3, -0.25) is 9.48 Å². The Hall–Kier alpha value is -2.68. The highest BCUT2D eigenvalue weighted by Gasteiger charge is 2.28. The summed E-state index contributed by atoms with van der Waals surface area (Å²) in [5, 5.41) is 7.26. The average molecular weight is 487 g/mol. The number of carbonyl (C=O) groups is 1. The molecule has 1 saturated heterocycles. The first-order valence-electron chi connectivity index (χ1n) is 11.1. The van der Waals surface area contributed by atoms with Gasteiger partial charge in [0.05, 0.1) is 11.6 Å². The number of benzene rings is 2. The van der Waals surface area contributed by atoms with Gasteiger partial charge in [0, 0.05) is 37.6 Å². The van der Waals surface area contributed by atoms with Crippen LogP contribution in [0.25, 0.3) is 0 Å². The van der Waals surface area contributed by atoms with Crippen LogP contribution in [0.1, 0.15) is 47.2 Å². The van der Waals surface area contributed by atoms with E-state index >= 15 is 0 Å². The van der Waals surface area contributed by atoms with Gasteiger partial charge in [-0.25, -0.2) is 8.42 Å². The first-order valence-corrected chi connectivity index (χ1v) is 12.9. The molecule has 174 valence electrons. The van der Waals surface area contributed by atoms with Crippen molar-refractivity contribution in [2.75, 3.05) is 13.1 Å². The molecule has 0 radical (unpaired) electrons. The molecule has 2 aromatic carbocycles. The molecule has 9 heteroatoms. The van der Waals surface area contributed by atoms with Crippen LogP contribution in [0.5, 0.6) is 0 Å². The molecule has 1 aliphatic rings. The number of rotatable bonds is 7. The lowest BCUT2D eigenvalue weighted by Gasteiger charge is -2.21. The van der Waals surface area contributed by atoms with E-state index in [1.165, 1.54) is 16.4 Å². The molecule has 2 heterocycles. The average Bonchev–Trinajstić information content (AvgIpc) is 3.16. The second-order valence-corrected chi connectivity index (χ2v) is 10.4. The topological polar surface area (TPSA) is 84.3 Å². The summed E-state index contributed by atoms with van der Waals surface area (Å²) in [5.74, 6) is -0.354. The molecule has 1 aromatic heterocycles. The molecular formula is C24H27ClN4O3S. The van der Waals surface area contributed by atoms with Crippen molar-refractivity contribution in [1.82, 2.24) is 19.4 Å². The predicted octanol–water partition coefficient (Wildman–Crippen LogP) is 4.08. The van der Waals surface area contributed by atoms with Crippen LogP contribution in [0.3, 0.4) is 0 Å². The first kappa shape index (κ1) is 23.5. The van der Waals surface area contributed by atoms with Crippen LogP contribution in [-0.2, 0) is 23.1 Å². The van der Waals surface area contributed by atoms with Crippen LogP contribution in [0, 0.1) is 0 Å². The van der Waals surface area contributed by atoms with E-state index in [2.05, 4.69) is 10.4 Å². The molecule has 1 aliphatic heterocycles. The van der Waals surface area contributed by atoms with E-state index in [4.69, 9.17) is 11.6 Å². The Bertz CT molecular complexity index is 1200. The van der Waals surface area contributed by atoms with E-state index in [0.29, 0.717) is 26.2 Å². The summed E-state index contributed by atoms with van der Waals surface area (Å²) in [6.07, 6.45) is 7.30. The number of halogens is 1. The van der Waals surface area contributed by atoms with Crippen molar-refractivity contribution in [3.05, 3.63) is 82.6 Å². The Morgan fingerprint density at radius 1 is 1.00 bits per heavy atom. The number of amides is 1. The van der Waals surface area contributed by atoms with Gasteiger partial charge in [-0.1, -0.05) is 48.7 Å².